The maximum Gasteiger partial charge on any atom is 0.259 e. The van der Waals surface area contributed by atoms with Crippen molar-refractivity contribution in [3.63, 3.8) is 0 Å². The van der Waals surface area contributed by atoms with Gasteiger partial charge in [-0.3, -0.25) is 9.78 Å². The third kappa shape index (κ3) is 2.94. The van der Waals surface area contributed by atoms with E-state index in [-0.39, 0.29) is 5.57 Å². The number of aromatic amines is 1. The van der Waals surface area contributed by atoms with Crippen LogP contribution in [0.3, 0.4) is 0 Å². The number of allylic oxidation sites excluding steroid dienone is 1. The summed E-state index contributed by atoms with van der Waals surface area (Å²) in [6, 6.07) is 9.47. The van der Waals surface area contributed by atoms with Crippen LogP contribution in [0.5, 0.6) is 0 Å². The van der Waals surface area contributed by atoms with Gasteiger partial charge in [0.15, 0.2) is 0 Å². The fourth-order valence-corrected chi connectivity index (χ4v) is 2.31. The number of hydrogen-bond acceptors (Lipinski definition) is 4. The molecule has 0 saturated carbocycles. The number of carbonyl (C=O) groups excluding carboxylic acids is 1. The first kappa shape index (κ1) is 14.5. The Labute approximate surface area is 132 Å². The molecule has 0 aliphatic rings. The number of pyridine rings is 2. The molecule has 3 heterocycles. The second kappa shape index (κ2) is 6.12. The normalized spacial score (nSPS) is 11.3. The third-order valence-corrected chi connectivity index (χ3v) is 3.49. The Morgan fingerprint density at radius 1 is 1.39 bits per heavy atom. The van der Waals surface area contributed by atoms with Gasteiger partial charge in [-0.15, -0.1) is 0 Å². The van der Waals surface area contributed by atoms with Gasteiger partial charge in [0, 0.05) is 29.5 Å². The minimum atomic E-state index is -0.723. The van der Waals surface area contributed by atoms with Crippen molar-refractivity contribution in [2.75, 3.05) is 0 Å². The molecule has 6 heteroatoms. The molecule has 0 aliphatic heterocycles. The molecule has 0 radical (unpaired) electrons. The number of rotatable bonds is 4. The Kier molecular flexibility index (Phi) is 3.85. The van der Waals surface area contributed by atoms with E-state index in [4.69, 9.17) is 11.0 Å². The lowest BCUT2D eigenvalue weighted by atomic mass is 10.1. The number of hydrogen-bond donors (Lipinski definition) is 2. The van der Waals surface area contributed by atoms with Gasteiger partial charge in [0.2, 0.25) is 0 Å². The van der Waals surface area contributed by atoms with Crippen LogP contribution in [0.15, 0.2) is 54.5 Å². The van der Waals surface area contributed by atoms with Crippen molar-refractivity contribution in [1.29, 1.82) is 5.26 Å². The number of aromatic nitrogens is 3. The lowest BCUT2D eigenvalue weighted by molar-refractivity contribution is -0.114. The van der Waals surface area contributed by atoms with Gasteiger partial charge in [-0.25, -0.2) is 4.98 Å². The van der Waals surface area contributed by atoms with Gasteiger partial charge in [0.1, 0.15) is 17.3 Å². The van der Waals surface area contributed by atoms with Gasteiger partial charge in [0.25, 0.3) is 5.91 Å². The lowest BCUT2D eigenvalue weighted by Gasteiger charge is -2.01. The molecule has 0 fully saturated rings. The topological polar surface area (TPSA) is 108 Å². The van der Waals surface area contributed by atoms with Crippen molar-refractivity contribution in [3.8, 4) is 17.3 Å². The van der Waals surface area contributed by atoms with E-state index in [0.717, 1.165) is 27.9 Å². The number of primary amides is 1. The van der Waals surface area contributed by atoms with Crippen LogP contribution in [0.4, 0.5) is 0 Å². The van der Waals surface area contributed by atoms with E-state index in [0.29, 0.717) is 6.42 Å². The Bertz CT molecular complexity index is 935. The van der Waals surface area contributed by atoms with E-state index in [1.54, 1.807) is 18.5 Å². The predicted octanol–water partition coefficient (Wildman–Crippen LogP) is 2.10. The van der Waals surface area contributed by atoms with Crippen molar-refractivity contribution in [2.45, 2.75) is 6.42 Å². The highest BCUT2D eigenvalue weighted by Crippen LogP contribution is 2.23. The van der Waals surface area contributed by atoms with Crippen molar-refractivity contribution in [3.05, 3.63) is 60.1 Å². The maximum absolute atomic E-state index is 11.1. The van der Waals surface area contributed by atoms with Crippen molar-refractivity contribution >= 4 is 16.9 Å². The molecule has 0 aromatic carbocycles. The Balaban J connectivity index is 2.00. The zero-order chi connectivity index (χ0) is 16.2. The number of H-pyrrole nitrogens is 1. The van der Waals surface area contributed by atoms with Crippen LogP contribution in [-0.4, -0.2) is 20.9 Å². The van der Waals surface area contributed by atoms with Crippen LogP contribution in [0.2, 0.25) is 0 Å². The van der Waals surface area contributed by atoms with Crippen LogP contribution in [-0.2, 0) is 11.2 Å². The molecule has 23 heavy (non-hydrogen) atoms. The first-order chi connectivity index (χ1) is 11.2. The molecule has 1 amide bonds. The fraction of sp³-hybridized carbons (Fsp3) is 0.0588. The number of nitrogens with two attached hydrogens (primary N) is 1. The van der Waals surface area contributed by atoms with Crippen LogP contribution in [0.1, 0.15) is 5.56 Å². The van der Waals surface area contributed by atoms with E-state index in [1.165, 1.54) is 6.08 Å². The molecule has 112 valence electrons. The molecule has 0 aliphatic carbocycles. The second-order valence-electron chi connectivity index (χ2n) is 4.95. The summed E-state index contributed by atoms with van der Waals surface area (Å²) < 4.78 is 0. The van der Waals surface area contributed by atoms with Gasteiger partial charge in [-0.05, 0) is 30.2 Å². The third-order valence-electron chi connectivity index (χ3n) is 3.49. The van der Waals surface area contributed by atoms with E-state index in [9.17, 15) is 4.79 Å². The van der Waals surface area contributed by atoms with Crippen LogP contribution in [0, 0.1) is 11.3 Å². The van der Waals surface area contributed by atoms with Gasteiger partial charge in [0.05, 0.1) is 5.69 Å². The molecule has 0 bridgehead atoms. The Hall–Kier alpha value is -3.46. The molecular formula is C17H13N5O. The van der Waals surface area contributed by atoms with E-state index in [1.807, 2.05) is 30.5 Å². The highest BCUT2D eigenvalue weighted by atomic mass is 16.1. The van der Waals surface area contributed by atoms with E-state index >= 15 is 0 Å². The van der Waals surface area contributed by atoms with Gasteiger partial charge >= 0.3 is 0 Å². The maximum atomic E-state index is 11.1. The monoisotopic (exact) mass is 303 g/mol. The summed E-state index contributed by atoms with van der Waals surface area (Å²) in [6.07, 6.45) is 7.24. The van der Waals surface area contributed by atoms with Crippen molar-refractivity contribution < 1.29 is 4.79 Å². The first-order valence-corrected chi connectivity index (χ1v) is 6.96. The number of nitrogens with one attached hydrogen (secondary N) is 1. The second-order valence-corrected chi connectivity index (χ2v) is 4.95. The molecule has 0 spiro atoms. The summed E-state index contributed by atoms with van der Waals surface area (Å²) in [6.45, 7) is 0. The van der Waals surface area contributed by atoms with Crippen LogP contribution in [0.25, 0.3) is 22.3 Å². The zero-order valence-corrected chi connectivity index (χ0v) is 12.2. The number of fused-ring (bicyclic) bond motifs is 1. The Morgan fingerprint density at radius 2 is 2.26 bits per heavy atom. The summed E-state index contributed by atoms with van der Waals surface area (Å²) in [5.74, 6) is -0.723. The summed E-state index contributed by atoms with van der Waals surface area (Å²) in [4.78, 5) is 22.9. The average Bonchev–Trinajstić information content (AvgIpc) is 2.98. The largest absolute Gasteiger partial charge is 0.365 e. The van der Waals surface area contributed by atoms with Gasteiger partial charge in [-0.2, -0.15) is 5.26 Å². The van der Waals surface area contributed by atoms with Crippen molar-refractivity contribution in [1.82, 2.24) is 15.0 Å². The molecule has 3 aromatic rings. The number of amides is 1. The zero-order valence-electron chi connectivity index (χ0n) is 12.2. The summed E-state index contributed by atoms with van der Waals surface area (Å²) >= 11 is 0. The van der Waals surface area contributed by atoms with Gasteiger partial charge < -0.3 is 10.7 Å². The highest BCUT2D eigenvalue weighted by Gasteiger charge is 2.08. The lowest BCUT2D eigenvalue weighted by Crippen LogP contribution is -2.12. The number of carbonyl (C=O) groups is 1. The number of nitrogens with zero attached hydrogens (tertiary/aromatic N) is 3. The molecule has 3 rings (SSSR count). The quantitative estimate of drug-likeness (QED) is 0.568. The number of nitriles is 1. The SMILES string of the molecule is N#C/C(=C\Cc1c[nH]c2ncc(-c3ccccn3)cc12)C(N)=O. The first-order valence-electron chi connectivity index (χ1n) is 6.96. The molecule has 6 nitrogen and oxygen atoms in total. The molecule has 0 saturated heterocycles. The molecule has 0 atom stereocenters. The summed E-state index contributed by atoms with van der Waals surface area (Å²) in [7, 11) is 0. The Morgan fingerprint density at radius 3 is 2.96 bits per heavy atom. The molecule has 3 aromatic heterocycles. The summed E-state index contributed by atoms with van der Waals surface area (Å²) in [5, 5.41) is 9.81. The standard InChI is InChI=1S/C17H13N5O/c18-8-11(16(19)23)4-5-12-9-21-17-14(12)7-13(10-22-17)15-3-1-2-6-20-15/h1-4,6-7,9-10H,5H2,(H2,19,23)(H,21,22)/b11-4+. The minimum Gasteiger partial charge on any atom is -0.365 e. The van der Waals surface area contributed by atoms with E-state index < -0.39 is 5.91 Å². The average molecular weight is 303 g/mol. The van der Waals surface area contributed by atoms with E-state index in [2.05, 4.69) is 15.0 Å². The molecule has 3 N–H and O–H groups in total. The van der Waals surface area contributed by atoms with Crippen LogP contribution >= 0.6 is 0 Å². The molecular weight excluding hydrogens is 290 g/mol. The van der Waals surface area contributed by atoms with Crippen molar-refractivity contribution in [2.24, 2.45) is 5.73 Å². The predicted molar refractivity (Wildman–Crippen MR) is 85.9 cm³/mol. The smallest absolute Gasteiger partial charge is 0.259 e. The highest BCUT2D eigenvalue weighted by molar-refractivity contribution is 5.96. The van der Waals surface area contributed by atoms with Gasteiger partial charge in [-0.1, -0.05) is 12.1 Å². The minimum absolute atomic E-state index is 0.0480. The fourth-order valence-electron chi connectivity index (χ4n) is 2.31. The summed E-state index contributed by atoms with van der Waals surface area (Å²) in [5.41, 5.74) is 8.50. The van der Waals surface area contributed by atoms with Crippen LogP contribution < -0.4 is 5.73 Å². The molecule has 0 unspecified atom stereocenters.